The minimum Gasteiger partial charge on any atom is -0.320 e. The first-order valence-corrected chi connectivity index (χ1v) is 7.05. The van der Waals surface area contributed by atoms with Gasteiger partial charge in [0.1, 0.15) is 5.82 Å². The van der Waals surface area contributed by atoms with Crippen LogP contribution in [0.4, 0.5) is 10.1 Å². The van der Waals surface area contributed by atoms with Gasteiger partial charge in [0.15, 0.2) is 5.69 Å². The summed E-state index contributed by atoms with van der Waals surface area (Å²) in [7, 11) is 0. The van der Waals surface area contributed by atoms with Crippen molar-refractivity contribution in [3.05, 3.63) is 57.9 Å². The van der Waals surface area contributed by atoms with Crippen LogP contribution in [0.15, 0.2) is 40.9 Å². The van der Waals surface area contributed by atoms with E-state index >= 15 is 0 Å². The fourth-order valence-corrected chi connectivity index (χ4v) is 2.44. The number of anilines is 1. The Morgan fingerprint density at radius 1 is 1.33 bits per heavy atom. The molecule has 106 valence electrons. The lowest BCUT2D eigenvalue weighted by atomic mass is 10.1. The van der Waals surface area contributed by atoms with Crippen LogP contribution in [0.2, 0.25) is 0 Å². The molecule has 0 spiro atoms. The molecule has 0 saturated carbocycles. The summed E-state index contributed by atoms with van der Waals surface area (Å²) < 4.78 is 13.7. The van der Waals surface area contributed by atoms with Gasteiger partial charge in [-0.05, 0) is 46.6 Å². The molecule has 0 saturated heterocycles. The van der Waals surface area contributed by atoms with Crippen LogP contribution in [0.25, 0.3) is 10.9 Å². The van der Waals surface area contributed by atoms with Gasteiger partial charge in [-0.3, -0.25) is 9.89 Å². The molecule has 0 aliphatic rings. The Bertz CT molecular complexity index is 844. The molecule has 2 aromatic carbocycles. The summed E-state index contributed by atoms with van der Waals surface area (Å²) in [4.78, 5) is 12.3. The van der Waals surface area contributed by atoms with Crippen LogP contribution in [0.5, 0.6) is 0 Å². The third kappa shape index (κ3) is 2.54. The van der Waals surface area contributed by atoms with Crippen LogP contribution in [-0.4, -0.2) is 16.1 Å². The number of hydrogen-bond donors (Lipinski definition) is 2. The SMILES string of the molecule is Cc1cc(F)c(Br)cc1NC(=O)c1n[nH]c2ccccc12. The Labute approximate surface area is 128 Å². The average Bonchev–Trinajstić information content (AvgIpc) is 2.88. The van der Waals surface area contributed by atoms with Crippen molar-refractivity contribution in [1.82, 2.24) is 10.2 Å². The van der Waals surface area contributed by atoms with E-state index in [-0.39, 0.29) is 11.7 Å². The standard InChI is InChI=1S/C15H11BrFN3O/c1-8-6-11(17)10(16)7-13(8)18-15(21)14-9-4-2-3-5-12(9)19-20-14/h2-7H,1H3,(H,18,21)(H,19,20). The van der Waals surface area contributed by atoms with Gasteiger partial charge in [0.25, 0.3) is 5.91 Å². The normalized spacial score (nSPS) is 10.8. The number of nitrogens with one attached hydrogen (secondary N) is 2. The van der Waals surface area contributed by atoms with Crippen LogP contribution >= 0.6 is 15.9 Å². The van der Waals surface area contributed by atoms with Gasteiger partial charge in [-0.2, -0.15) is 5.10 Å². The first kappa shape index (κ1) is 13.8. The molecule has 0 atom stereocenters. The van der Waals surface area contributed by atoms with E-state index in [1.807, 2.05) is 24.3 Å². The lowest BCUT2D eigenvalue weighted by Gasteiger charge is -2.08. The molecule has 21 heavy (non-hydrogen) atoms. The second kappa shape index (κ2) is 5.29. The first-order valence-electron chi connectivity index (χ1n) is 6.26. The van der Waals surface area contributed by atoms with Gasteiger partial charge in [0, 0.05) is 11.1 Å². The zero-order valence-corrected chi connectivity index (χ0v) is 12.7. The van der Waals surface area contributed by atoms with Gasteiger partial charge >= 0.3 is 0 Å². The van der Waals surface area contributed by atoms with Crippen LogP contribution in [0.1, 0.15) is 16.1 Å². The van der Waals surface area contributed by atoms with Crippen molar-refractivity contribution in [2.75, 3.05) is 5.32 Å². The lowest BCUT2D eigenvalue weighted by molar-refractivity contribution is 0.102. The summed E-state index contributed by atoms with van der Waals surface area (Å²) >= 11 is 3.11. The van der Waals surface area contributed by atoms with Crippen molar-refractivity contribution in [2.24, 2.45) is 0 Å². The van der Waals surface area contributed by atoms with Gasteiger partial charge in [0.2, 0.25) is 0 Å². The van der Waals surface area contributed by atoms with Crippen LogP contribution in [0, 0.1) is 12.7 Å². The average molecular weight is 348 g/mol. The molecule has 1 heterocycles. The first-order chi connectivity index (χ1) is 10.1. The fraction of sp³-hybridized carbons (Fsp3) is 0.0667. The number of amides is 1. The van der Waals surface area contributed by atoms with Crippen molar-refractivity contribution >= 4 is 38.4 Å². The molecule has 2 N–H and O–H groups in total. The second-order valence-corrected chi connectivity index (χ2v) is 5.51. The quantitative estimate of drug-likeness (QED) is 0.735. The molecule has 3 aromatic rings. The molecule has 1 aromatic heterocycles. The number of H-pyrrole nitrogens is 1. The molecular formula is C15H11BrFN3O. The van der Waals surface area contributed by atoms with Crippen LogP contribution in [-0.2, 0) is 0 Å². The van der Waals surface area contributed by atoms with Gasteiger partial charge in [-0.1, -0.05) is 18.2 Å². The Balaban J connectivity index is 1.95. The third-order valence-electron chi connectivity index (χ3n) is 3.20. The van der Waals surface area contributed by atoms with E-state index in [0.29, 0.717) is 21.4 Å². The highest BCUT2D eigenvalue weighted by molar-refractivity contribution is 9.10. The molecule has 3 rings (SSSR count). The number of nitrogens with zero attached hydrogens (tertiary/aromatic N) is 1. The highest BCUT2D eigenvalue weighted by Crippen LogP contribution is 2.25. The Morgan fingerprint density at radius 2 is 2.10 bits per heavy atom. The molecule has 0 aliphatic heterocycles. The van der Waals surface area contributed by atoms with Crippen molar-refractivity contribution in [3.8, 4) is 0 Å². The summed E-state index contributed by atoms with van der Waals surface area (Å²) in [5, 5.41) is 10.3. The predicted molar refractivity (Wildman–Crippen MR) is 82.9 cm³/mol. The molecular weight excluding hydrogens is 337 g/mol. The Hall–Kier alpha value is -2.21. The van der Waals surface area contributed by atoms with Gasteiger partial charge < -0.3 is 5.32 Å². The number of aryl methyl sites for hydroxylation is 1. The van der Waals surface area contributed by atoms with E-state index < -0.39 is 0 Å². The summed E-state index contributed by atoms with van der Waals surface area (Å²) in [5.74, 6) is -0.704. The molecule has 6 heteroatoms. The lowest BCUT2D eigenvalue weighted by Crippen LogP contribution is -2.13. The number of aromatic amines is 1. The number of rotatable bonds is 2. The van der Waals surface area contributed by atoms with E-state index in [1.54, 1.807) is 6.92 Å². The van der Waals surface area contributed by atoms with Gasteiger partial charge in [-0.25, -0.2) is 4.39 Å². The zero-order chi connectivity index (χ0) is 15.0. The van der Waals surface area contributed by atoms with Crippen molar-refractivity contribution in [3.63, 3.8) is 0 Å². The van der Waals surface area contributed by atoms with E-state index in [2.05, 4.69) is 31.4 Å². The third-order valence-corrected chi connectivity index (χ3v) is 3.81. The molecule has 0 fully saturated rings. The van der Waals surface area contributed by atoms with E-state index in [4.69, 9.17) is 0 Å². The fourth-order valence-electron chi connectivity index (χ4n) is 2.10. The van der Waals surface area contributed by atoms with Crippen LogP contribution < -0.4 is 5.32 Å². The smallest absolute Gasteiger partial charge is 0.276 e. The highest BCUT2D eigenvalue weighted by atomic mass is 79.9. The van der Waals surface area contributed by atoms with Gasteiger partial charge in [-0.15, -0.1) is 0 Å². The number of carbonyl (C=O) groups excluding carboxylic acids is 1. The second-order valence-electron chi connectivity index (χ2n) is 4.65. The minimum absolute atomic E-state index is 0.301. The van der Waals surface area contributed by atoms with E-state index in [1.165, 1.54) is 12.1 Å². The van der Waals surface area contributed by atoms with Crippen molar-refractivity contribution in [2.45, 2.75) is 6.92 Å². The molecule has 0 unspecified atom stereocenters. The van der Waals surface area contributed by atoms with Gasteiger partial charge in [0.05, 0.1) is 9.99 Å². The van der Waals surface area contributed by atoms with Crippen molar-refractivity contribution < 1.29 is 9.18 Å². The van der Waals surface area contributed by atoms with Crippen molar-refractivity contribution in [1.29, 1.82) is 0 Å². The summed E-state index contributed by atoms with van der Waals surface area (Å²) in [5.41, 5.74) is 2.29. The van der Waals surface area contributed by atoms with E-state index in [0.717, 1.165) is 10.9 Å². The number of hydrogen-bond acceptors (Lipinski definition) is 2. The predicted octanol–water partition coefficient (Wildman–Crippen LogP) is 4.03. The molecule has 4 nitrogen and oxygen atoms in total. The van der Waals surface area contributed by atoms with E-state index in [9.17, 15) is 9.18 Å². The van der Waals surface area contributed by atoms with Crippen LogP contribution in [0.3, 0.4) is 0 Å². The number of aromatic nitrogens is 2. The molecule has 0 bridgehead atoms. The molecule has 0 aliphatic carbocycles. The Kier molecular flexibility index (Phi) is 3.47. The molecule has 1 amide bonds. The zero-order valence-electron chi connectivity index (χ0n) is 11.1. The maximum atomic E-state index is 13.4. The summed E-state index contributed by atoms with van der Waals surface area (Å²) in [6.07, 6.45) is 0. The number of benzene rings is 2. The monoisotopic (exact) mass is 347 g/mol. The maximum Gasteiger partial charge on any atom is 0.276 e. The maximum absolute atomic E-state index is 13.4. The highest BCUT2D eigenvalue weighted by Gasteiger charge is 2.15. The topological polar surface area (TPSA) is 57.8 Å². The summed E-state index contributed by atoms with van der Waals surface area (Å²) in [6, 6.07) is 10.3. The number of carbonyl (C=O) groups is 1. The number of halogens is 2. The number of fused-ring (bicyclic) bond motifs is 1. The number of para-hydroxylation sites is 1. The largest absolute Gasteiger partial charge is 0.320 e. The summed E-state index contributed by atoms with van der Waals surface area (Å²) in [6.45, 7) is 1.73. The minimum atomic E-state index is -0.365. The molecule has 0 radical (unpaired) electrons. The Morgan fingerprint density at radius 3 is 2.90 bits per heavy atom.